The maximum Gasteiger partial charge on any atom is 0.101 e. The lowest BCUT2D eigenvalue weighted by Gasteiger charge is -2.20. The molecule has 0 fully saturated rings. The van der Waals surface area contributed by atoms with Gasteiger partial charge in [-0.25, -0.2) is 0 Å². The molecule has 0 unspecified atom stereocenters. The lowest BCUT2D eigenvalue weighted by molar-refractivity contribution is 0.552. The normalized spacial score (nSPS) is 10.6. The minimum absolute atomic E-state index is 0.641. The summed E-state index contributed by atoms with van der Waals surface area (Å²) in [5.41, 5.74) is 2.95. The van der Waals surface area contributed by atoms with Crippen LogP contribution in [0, 0.1) is 17.2 Å². The first-order valence-electron chi connectivity index (χ1n) is 7.02. The van der Waals surface area contributed by atoms with Crippen LogP contribution in [-0.4, -0.2) is 32.1 Å². The molecule has 4 heteroatoms. The number of hydrogen-bond donors (Lipinski definition) is 1. The van der Waals surface area contributed by atoms with Crippen molar-refractivity contribution < 1.29 is 0 Å². The summed E-state index contributed by atoms with van der Waals surface area (Å²) in [4.78, 5) is 2.15. The fourth-order valence-electron chi connectivity index (χ4n) is 1.97. The predicted octanol–water partition coefficient (Wildman–Crippen LogP) is 3.10. The summed E-state index contributed by atoms with van der Waals surface area (Å²) in [5.74, 6) is 1.71. The molecule has 0 heterocycles. The zero-order valence-corrected chi connectivity index (χ0v) is 13.8. The standard InChI is InChI=1S/C16H25N3S/c1-13(2)11-18-12-14-5-6-16(15(9-14)10-17)19(3)7-8-20-4/h5-6,9,13,18H,7-8,11-12H2,1-4H3. The van der Waals surface area contributed by atoms with Crippen LogP contribution < -0.4 is 10.2 Å². The van der Waals surface area contributed by atoms with Crippen LogP contribution in [0.2, 0.25) is 0 Å². The number of nitriles is 1. The fourth-order valence-corrected chi connectivity index (χ4v) is 2.43. The van der Waals surface area contributed by atoms with E-state index in [0.29, 0.717) is 5.92 Å². The first-order valence-corrected chi connectivity index (χ1v) is 8.41. The van der Waals surface area contributed by atoms with E-state index >= 15 is 0 Å². The molecule has 1 aromatic carbocycles. The van der Waals surface area contributed by atoms with Crippen molar-refractivity contribution in [1.29, 1.82) is 5.26 Å². The van der Waals surface area contributed by atoms with Gasteiger partial charge in [0.25, 0.3) is 0 Å². The van der Waals surface area contributed by atoms with E-state index in [9.17, 15) is 5.26 Å². The summed E-state index contributed by atoms with van der Waals surface area (Å²) in [6.45, 7) is 7.16. The number of anilines is 1. The summed E-state index contributed by atoms with van der Waals surface area (Å²) >= 11 is 1.82. The molecule has 3 nitrogen and oxygen atoms in total. The van der Waals surface area contributed by atoms with E-state index in [-0.39, 0.29) is 0 Å². The van der Waals surface area contributed by atoms with Crippen molar-refractivity contribution in [2.75, 3.05) is 37.0 Å². The number of thioether (sulfide) groups is 1. The highest BCUT2D eigenvalue weighted by Crippen LogP contribution is 2.20. The highest BCUT2D eigenvalue weighted by atomic mass is 32.2. The molecule has 0 saturated heterocycles. The predicted molar refractivity (Wildman–Crippen MR) is 89.4 cm³/mol. The van der Waals surface area contributed by atoms with Crippen LogP contribution in [0.15, 0.2) is 18.2 Å². The maximum atomic E-state index is 9.33. The Labute approximate surface area is 127 Å². The molecular weight excluding hydrogens is 266 g/mol. The van der Waals surface area contributed by atoms with Gasteiger partial charge in [0, 0.05) is 25.9 Å². The molecule has 0 atom stereocenters. The molecule has 110 valence electrons. The molecule has 0 amide bonds. The van der Waals surface area contributed by atoms with Gasteiger partial charge in [-0.05, 0) is 36.4 Å². The van der Waals surface area contributed by atoms with Gasteiger partial charge in [0.05, 0.1) is 11.3 Å². The number of rotatable bonds is 8. The van der Waals surface area contributed by atoms with Crippen LogP contribution in [0.25, 0.3) is 0 Å². The molecule has 0 saturated carbocycles. The lowest BCUT2D eigenvalue weighted by Crippen LogP contribution is -2.22. The zero-order valence-electron chi connectivity index (χ0n) is 12.9. The number of benzene rings is 1. The van der Waals surface area contributed by atoms with Crippen LogP contribution in [0.4, 0.5) is 5.69 Å². The molecular formula is C16H25N3S. The summed E-state index contributed by atoms with van der Waals surface area (Å²) in [5, 5.41) is 12.7. The Hall–Kier alpha value is -1.18. The van der Waals surface area contributed by atoms with E-state index in [1.54, 1.807) is 0 Å². The molecule has 1 aromatic rings. The molecule has 0 bridgehead atoms. The second kappa shape index (κ2) is 8.89. The topological polar surface area (TPSA) is 39.1 Å². The van der Waals surface area contributed by atoms with Crippen molar-refractivity contribution in [3.05, 3.63) is 29.3 Å². The first-order chi connectivity index (χ1) is 9.58. The minimum atomic E-state index is 0.641. The molecule has 0 spiro atoms. The van der Waals surface area contributed by atoms with E-state index in [0.717, 1.165) is 36.6 Å². The molecule has 1 rings (SSSR count). The van der Waals surface area contributed by atoms with Crippen molar-refractivity contribution in [3.63, 3.8) is 0 Å². The average molecular weight is 291 g/mol. The molecule has 0 aliphatic carbocycles. The monoisotopic (exact) mass is 291 g/mol. The van der Waals surface area contributed by atoms with Gasteiger partial charge >= 0.3 is 0 Å². The highest BCUT2D eigenvalue weighted by Gasteiger charge is 2.08. The van der Waals surface area contributed by atoms with Crippen LogP contribution in [0.3, 0.4) is 0 Å². The maximum absolute atomic E-state index is 9.33. The Balaban J connectivity index is 2.72. The second-order valence-corrected chi connectivity index (χ2v) is 6.39. The summed E-state index contributed by atoms with van der Waals surface area (Å²) in [7, 11) is 2.04. The minimum Gasteiger partial charge on any atom is -0.373 e. The fraction of sp³-hybridized carbons (Fsp3) is 0.562. The quantitative estimate of drug-likeness (QED) is 0.799. The van der Waals surface area contributed by atoms with Crippen LogP contribution in [0.1, 0.15) is 25.0 Å². The Morgan fingerprint density at radius 1 is 1.40 bits per heavy atom. The smallest absolute Gasteiger partial charge is 0.101 e. The van der Waals surface area contributed by atoms with E-state index in [2.05, 4.69) is 48.5 Å². The van der Waals surface area contributed by atoms with Crippen molar-refractivity contribution in [2.45, 2.75) is 20.4 Å². The van der Waals surface area contributed by atoms with Crippen molar-refractivity contribution in [1.82, 2.24) is 5.32 Å². The average Bonchev–Trinajstić information content (AvgIpc) is 2.44. The van der Waals surface area contributed by atoms with Gasteiger partial charge in [0.15, 0.2) is 0 Å². The summed E-state index contributed by atoms with van der Waals surface area (Å²) in [6, 6.07) is 8.49. The van der Waals surface area contributed by atoms with Crippen LogP contribution >= 0.6 is 11.8 Å². The van der Waals surface area contributed by atoms with Gasteiger partial charge in [0.1, 0.15) is 6.07 Å². The Bertz CT molecular complexity index is 452. The number of nitrogens with zero attached hydrogens (tertiary/aromatic N) is 2. The Kier molecular flexibility index (Phi) is 7.50. The summed E-state index contributed by atoms with van der Waals surface area (Å²) < 4.78 is 0. The van der Waals surface area contributed by atoms with Crippen molar-refractivity contribution in [2.24, 2.45) is 5.92 Å². The van der Waals surface area contributed by atoms with Crippen LogP contribution in [0.5, 0.6) is 0 Å². The molecule has 0 aliphatic heterocycles. The third-order valence-corrected chi connectivity index (χ3v) is 3.70. The number of hydrogen-bond acceptors (Lipinski definition) is 4. The number of nitrogens with one attached hydrogen (secondary N) is 1. The molecule has 1 N–H and O–H groups in total. The molecule has 0 aromatic heterocycles. The van der Waals surface area contributed by atoms with E-state index in [1.165, 1.54) is 5.56 Å². The Morgan fingerprint density at radius 2 is 2.15 bits per heavy atom. The van der Waals surface area contributed by atoms with Gasteiger partial charge in [-0.1, -0.05) is 19.9 Å². The lowest BCUT2D eigenvalue weighted by atomic mass is 10.1. The van der Waals surface area contributed by atoms with E-state index in [4.69, 9.17) is 0 Å². The molecule has 0 aliphatic rings. The highest BCUT2D eigenvalue weighted by molar-refractivity contribution is 7.98. The van der Waals surface area contributed by atoms with Gasteiger partial charge in [-0.15, -0.1) is 0 Å². The second-order valence-electron chi connectivity index (χ2n) is 5.40. The Morgan fingerprint density at radius 3 is 2.75 bits per heavy atom. The first kappa shape index (κ1) is 16.9. The van der Waals surface area contributed by atoms with Gasteiger partial charge < -0.3 is 10.2 Å². The summed E-state index contributed by atoms with van der Waals surface area (Å²) in [6.07, 6.45) is 2.10. The van der Waals surface area contributed by atoms with E-state index < -0.39 is 0 Å². The largest absolute Gasteiger partial charge is 0.373 e. The SMILES string of the molecule is CSCCN(C)c1ccc(CNCC(C)C)cc1C#N. The van der Waals surface area contributed by atoms with Gasteiger partial charge in [-0.3, -0.25) is 0 Å². The zero-order chi connectivity index (χ0) is 15.0. The van der Waals surface area contributed by atoms with Crippen molar-refractivity contribution >= 4 is 17.4 Å². The van der Waals surface area contributed by atoms with E-state index in [1.807, 2.05) is 24.9 Å². The van der Waals surface area contributed by atoms with Crippen LogP contribution in [-0.2, 0) is 6.54 Å². The van der Waals surface area contributed by atoms with Gasteiger partial charge in [0.2, 0.25) is 0 Å². The third-order valence-electron chi connectivity index (χ3n) is 3.11. The third kappa shape index (κ3) is 5.44. The molecule has 20 heavy (non-hydrogen) atoms. The van der Waals surface area contributed by atoms with Crippen molar-refractivity contribution in [3.8, 4) is 6.07 Å². The van der Waals surface area contributed by atoms with Gasteiger partial charge in [-0.2, -0.15) is 17.0 Å². The molecule has 0 radical (unpaired) electrons.